The van der Waals surface area contributed by atoms with E-state index >= 15 is 0 Å². The molecule has 3 aromatic rings. The van der Waals surface area contributed by atoms with Crippen molar-refractivity contribution in [2.45, 2.75) is 32.9 Å². The van der Waals surface area contributed by atoms with Crippen LogP contribution in [0.2, 0.25) is 0 Å². The first kappa shape index (κ1) is 28.7. The van der Waals surface area contributed by atoms with Crippen molar-refractivity contribution < 1.29 is 22.7 Å². The minimum atomic E-state index is -3.79. The second-order valence-corrected chi connectivity index (χ2v) is 10.8. The Morgan fingerprint density at radius 1 is 0.895 bits per heavy atom. The van der Waals surface area contributed by atoms with Gasteiger partial charge in [-0.2, -0.15) is 0 Å². The zero-order valence-corrected chi connectivity index (χ0v) is 22.9. The van der Waals surface area contributed by atoms with Gasteiger partial charge in [0.15, 0.2) is 0 Å². The number of hydrogen-bond acceptors (Lipinski definition) is 5. The monoisotopic (exact) mass is 537 g/mol. The average Bonchev–Trinajstić information content (AvgIpc) is 2.91. The highest BCUT2D eigenvalue weighted by Crippen LogP contribution is 2.23. The van der Waals surface area contributed by atoms with Gasteiger partial charge in [0, 0.05) is 13.1 Å². The van der Waals surface area contributed by atoms with Gasteiger partial charge in [0.1, 0.15) is 24.9 Å². The quantitative estimate of drug-likeness (QED) is 0.359. The first-order valence-corrected chi connectivity index (χ1v) is 14.4. The van der Waals surface area contributed by atoms with Gasteiger partial charge < -0.3 is 15.0 Å². The molecule has 0 fully saturated rings. The zero-order valence-electron chi connectivity index (χ0n) is 22.0. The summed E-state index contributed by atoms with van der Waals surface area (Å²) < 4.78 is 32.3. The van der Waals surface area contributed by atoms with Gasteiger partial charge in [0.2, 0.25) is 21.8 Å². The first-order chi connectivity index (χ1) is 18.2. The molecule has 202 valence electrons. The van der Waals surface area contributed by atoms with Gasteiger partial charge in [0.05, 0.1) is 11.9 Å². The van der Waals surface area contributed by atoms with Crippen molar-refractivity contribution in [3.05, 3.63) is 96.1 Å². The van der Waals surface area contributed by atoms with E-state index in [1.165, 1.54) is 4.90 Å². The number of sulfonamides is 1. The Kier molecular flexibility index (Phi) is 10.3. The molecule has 0 aliphatic heterocycles. The molecule has 0 unspecified atom stereocenters. The van der Waals surface area contributed by atoms with Gasteiger partial charge in [-0.3, -0.25) is 13.9 Å². The molecule has 0 bridgehead atoms. The third kappa shape index (κ3) is 8.34. The number of nitrogens with zero attached hydrogens (tertiary/aromatic N) is 2. The minimum Gasteiger partial charge on any atom is -0.489 e. The third-order valence-corrected chi connectivity index (χ3v) is 7.20. The topological polar surface area (TPSA) is 96.0 Å². The molecule has 38 heavy (non-hydrogen) atoms. The number of carbonyl (C=O) groups excluding carboxylic acids is 2. The van der Waals surface area contributed by atoms with E-state index in [1.807, 2.05) is 60.7 Å². The van der Waals surface area contributed by atoms with Crippen LogP contribution in [0, 0.1) is 0 Å². The smallest absolute Gasteiger partial charge is 0.244 e. The van der Waals surface area contributed by atoms with Crippen molar-refractivity contribution in [3.63, 3.8) is 0 Å². The summed E-state index contributed by atoms with van der Waals surface area (Å²) in [5.74, 6) is -0.180. The number of amides is 2. The normalized spacial score (nSPS) is 11.9. The number of anilines is 1. The van der Waals surface area contributed by atoms with Crippen LogP contribution >= 0.6 is 0 Å². The molecule has 3 aromatic carbocycles. The van der Waals surface area contributed by atoms with Crippen LogP contribution in [0.5, 0.6) is 5.75 Å². The fourth-order valence-electron chi connectivity index (χ4n) is 3.96. The van der Waals surface area contributed by atoms with Gasteiger partial charge in [-0.15, -0.1) is 0 Å². The number of ether oxygens (including phenoxy) is 1. The van der Waals surface area contributed by atoms with Crippen molar-refractivity contribution in [3.8, 4) is 5.75 Å². The van der Waals surface area contributed by atoms with Crippen molar-refractivity contribution in [1.82, 2.24) is 10.2 Å². The maximum atomic E-state index is 13.5. The molecule has 0 saturated heterocycles. The van der Waals surface area contributed by atoms with Gasteiger partial charge >= 0.3 is 0 Å². The van der Waals surface area contributed by atoms with Gasteiger partial charge in [-0.05, 0) is 55.7 Å². The van der Waals surface area contributed by atoms with Crippen LogP contribution in [-0.2, 0) is 32.6 Å². The van der Waals surface area contributed by atoms with Crippen molar-refractivity contribution in [2.75, 3.05) is 30.2 Å². The van der Waals surface area contributed by atoms with Gasteiger partial charge in [-0.25, -0.2) is 8.42 Å². The highest BCUT2D eigenvalue weighted by Gasteiger charge is 2.29. The van der Waals surface area contributed by atoms with Crippen LogP contribution in [0.4, 0.5) is 5.69 Å². The highest BCUT2D eigenvalue weighted by molar-refractivity contribution is 7.92. The van der Waals surface area contributed by atoms with Crippen LogP contribution in [-0.4, -0.2) is 57.1 Å². The van der Waals surface area contributed by atoms with Gasteiger partial charge in [0.25, 0.3) is 0 Å². The lowest BCUT2D eigenvalue weighted by Gasteiger charge is -2.31. The lowest BCUT2D eigenvalue weighted by Crippen LogP contribution is -2.52. The molecule has 3 rings (SSSR count). The lowest BCUT2D eigenvalue weighted by molar-refractivity contribution is -0.138. The standard InChI is InChI=1S/C29H35N3O5S/c1-4-30-29(34)23(2)31(20-19-24-11-7-5-8-12-24)28(33)21-32(38(3,35)36)26-15-17-27(18-16-26)37-22-25-13-9-6-10-14-25/h5-18,23H,4,19-22H2,1-3H3,(H,30,34)/t23-/m1/s1. The van der Waals surface area contributed by atoms with Crippen LogP contribution in [0.3, 0.4) is 0 Å². The Morgan fingerprint density at radius 3 is 2.03 bits per heavy atom. The summed E-state index contributed by atoms with van der Waals surface area (Å²) in [6.45, 7) is 4.10. The van der Waals surface area contributed by atoms with Crippen molar-refractivity contribution >= 4 is 27.5 Å². The largest absolute Gasteiger partial charge is 0.489 e. The molecular weight excluding hydrogens is 502 g/mol. The number of nitrogens with one attached hydrogen (secondary N) is 1. The van der Waals surface area contributed by atoms with E-state index in [1.54, 1.807) is 38.1 Å². The van der Waals surface area contributed by atoms with E-state index in [0.717, 1.165) is 21.7 Å². The molecular formula is C29H35N3O5S. The van der Waals surface area contributed by atoms with Crippen LogP contribution in [0.15, 0.2) is 84.9 Å². The Labute approximate surface area is 225 Å². The molecule has 9 heteroatoms. The number of benzene rings is 3. The van der Waals surface area contributed by atoms with Crippen molar-refractivity contribution in [1.29, 1.82) is 0 Å². The molecule has 0 aliphatic carbocycles. The molecule has 0 aromatic heterocycles. The maximum Gasteiger partial charge on any atom is 0.244 e. The summed E-state index contributed by atoms with van der Waals surface area (Å²) in [5, 5.41) is 2.75. The molecule has 1 atom stereocenters. The fourth-order valence-corrected chi connectivity index (χ4v) is 4.80. The maximum absolute atomic E-state index is 13.5. The third-order valence-electron chi connectivity index (χ3n) is 6.05. The van der Waals surface area contributed by atoms with Crippen LogP contribution in [0.1, 0.15) is 25.0 Å². The average molecular weight is 538 g/mol. The number of carbonyl (C=O) groups is 2. The van der Waals surface area contributed by atoms with E-state index in [-0.39, 0.29) is 12.5 Å². The minimum absolute atomic E-state index is 0.269. The second-order valence-electron chi connectivity index (χ2n) is 8.93. The SMILES string of the molecule is CCNC(=O)[C@@H](C)N(CCc1ccccc1)C(=O)CN(c1ccc(OCc2ccccc2)cc1)S(C)(=O)=O. The molecule has 0 heterocycles. The summed E-state index contributed by atoms with van der Waals surface area (Å²) in [6, 6.07) is 25.1. The van der Waals surface area contributed by atoms with E-state index in [0.29, 0.717) is 31.0 Å². The number of rotatable bonds is 13. The predicted octanol–water partition coefficient (Wildman–Crippen LogP) is 3.63. The van der Waals surface area contributed by atoms with Crippen LogP contribution < -0.4 is 14.4 Å². The molecule has 2 amide bonds. The number of likely N-dealkylation sites (N-methyl/N-ethyl adjacent to an activating group) is 1. The van der Waals surface area contributed by atoms with E-state index in [9.17, 15) is 18.0 Å². The Morgan fingerprint density at radius 2 is 1.47 bits per heavy atom. The molecule has 0 saturated carbocycles. The molecule has 8 nitrogen and oxygen atoms in total. The van der Waals surface area contributed by atoms with E-state index in [2.05, 4.69) is 5.32 Å². The molecule has 0 aliphatic rings. The van der Waals surface area contributed by atoms with Gasteiger partial charge in [-0.1, -0.05) is 60.7 Å². The second kappa shape index (κ2) is 13.6. The Balaban J connectivity index is 1.76. The fraction of sp³-hybridized carbons (Fsp3) is 0.310. The molecule has 0 radical (unpaired) electrons. The molecule has 0 spiro atoms. The highest BCUT2D eigenvalue weighted by atomic mass is 32.2. The summed E-state index contributed by atoms with van der Waals surface area (Å²) in [6.07, 6.45) is 1.59. The van der Waals surface area contributed by atoms with E-state index < -0.39 is 28.5 Å². The first-order valence-electron chi connectivity index (χ1n) is 12.5. The lowest BCUT2D eigenvalue weighted by atomic mass is 10.1. The Bertz CT molecular complexity index is 1280. The summed E-state index contributed by atoms with van der Waals surface area (Å²) in [5.41, 5.74) is 2.36. The Hall–Kier alpha value is -3.85. The summed E-state index contributed by atoms with van der Waals surface area (Å²) in [7, 11) is -3.79. The van der Waals surface area contributed by atoms with Crippen LogP contribution in [0.25, 0.3) is 0 Å². The number of hydrogen-bond donors (Lipinski definition) is 1. The molecule has 1 N–H and O–H groups in total. The summed E-state index contributed by atoms with van der Waals surface area (Å²) in [4.78, 5) is 27.5. The zero-order chi connectivity index (χ0) is 27.5. The predicted molar refractivity (Wildman–Crippen MR) is 149 cm³/mol. The summed E-state index contributed by atoms with van der Waals surface area (Å²) >= 11 is 0. The van der Waals surface area contributed by atoms with Crippen molar-refractivity contribution in [2.24, 2.45) is 0 Å². The van der Waals surface area contributed by atoms with E-state index in [4.69, 9.17) is 4.74 Å².